The molecule has 0 saturated carbocycles. The second-order valence-corrected chi connectivity index (χ2v) is 3.93. The third-order valence-electron chi connectivity index (χ3n) is 2.37. The number of nitrogens with one attached hydrogen (secondary N) is 1. The fourth-order valence-corrected chi connectivity index (χ4v) is 1.44. The van der Waals surface area contributed by atoms with Crippen molar-refractivity contribution in [2.45, 2.75) is 19.1 Å². The highest BCUT2D eigenvalue weighted by atomic mass is 16.6. The molecule has 0 spiro atoms. The molecule has 0 heterocycles. The lowest BCUT2D eigenvalue weighted by atomic mass is 10.1. The minimum Gasteiger partial charge on any atom is -0.480 e. The van der Waals surface area contributed by atoms with Crippen molar-refractivity contribution in [3.8, 4) is 0 Å². The van der Waals surface area contributed by atoms with Gasteiger partial charge in [-0.2, -0.15) is 5.48 Å². The lowest BCUT2D eigenvalue weighted by Crippen LogP contribution is -2.39. The highest BCUT2D eigenvalue weighted by molar-refractivity contribution is 5.87. The number of aliphatic carboxylic acids is 1. The van der Waals surface area contributed by atoms with Gasteiger partial charge in [-0.3, -0.25) is 14.4 Å². The summed E-state index contributed by atoms with van der Waals surface area (Å²) in [5.74, 6) is -0.777. The number of hydrogen-bond acceptors (Lipinski definition) is 5. The maximum absolute atomic E-state index is 11.0. The number of amides is 1. The van der Waals surface area contributed by atoms with Crippen LogP contribution >= 0.6 is 0 Å². The van der Waals surface area contributed by atoms with Gasteiger partial charge in [-0.15, -0.1) is 0 Å². The van der Waals surface area contributed by atoms with Gasteiger partial charge < -0.3 is 10.8 Å². The summed E-state index contributed by atoms with van der Waals surface area (Å²) in [5.41, 5.74) is 7.64. The van der Waals surface area contributed by atoms with Crippen LogP contribution in [0.25, 0.3) is 0 Å². The summed E-state index contributed by atoms with van der Waals surface area (Å²) in [6.45, 7) is 0.104. The standard InChI is InChI=1S/C13H14N2O5/c14-11(17)6-10(7-16)12(13(18)19)15-20-8-9-4-2-1-3-5-9/h1-5,12,15H,6,8H2,(H2,14,17)(H,18,19)/t12-/m0/s1. The third kappa shape index (κ3) is 5.03. The van der Waals surface area contributed by atoms with Crippen molar-refractivity contribution < 1.29 is 24.3 Å². The summed E-state index contributed by atoms with van der Waals surface area (Å²) in [6.07, 6.45) is -0.498. The smallest absolute Gasteiger partial charge is 0.328 e. The van der Waals surface area contributed by atoms with Crippen LogP contribution in [-0.2, 0) is 25.8 Å². The van der Waals surface area contributed by atoms with E-state index in [0.717, 1.165) is 5.56 Å². The average Bonchev–Trinajstić information content (AvgIpc) is 2.42. The van der Waals surface area contributed by atoms with Crippen LogP contribution in [0.15, 0.2) is 35.9 Å². The molecule has 4 N–H and O–H groups in total. The van der Waals surface area contributed by atoms with Gasteiger partial charge in [-0.25, -0.2) is 4.79 Å². The first-order valence-electron chi connectivity index (χ1n) is 5.70. The van der Waals surface area contributed by atoms with Gasteiger partial charge in [0.05, 0.1) is 18.6 Å². The van der Waals surface area contributed by atoms with E-state index in [9.17, 15) is 14.4 Å². The van der Waals surface area contributed by atoms with Gasteiger partial charge in [0, 0.05) is 0 Å². The van der Waals surface area contributed by atoms with E-state index < -0.39 is 24.3 Å². The molecule has 1 atom stereocenters. The monoisotopic (exact) mass is 278 g/mol. The van der Waals surface area contributed by atoms with E-state index in [0.29, 0.717) is 0 Å². The average molecular weight is 278 g/mol. The molecular weight excluding hydrogens is 264 g/mol. The van der Waals surface area contributed by atoms with E-state index >= 15 is 0 Å². The van der Waals surface area contributed by atoms with Crippen LogP contribution in [0.3, 0.4) is 0 Å². The molecule has 0 aliphatic heterocycles. The molecule has 0 saturated heterocycles. The van der Waals surface area contributed by atoms with Gasteiger partial charge in [0.2, 0.25) is 5.91 Å². The Morgan fingerprint density at radius 1 is 1.35 bits per heavy atom. The minimum absolute atomic E-state index is 0.104. The largest absolute Gasteiger partial charge is 0.480 e. The molecule has 0 aromatic heterocycles. The molecule has 0 aliphatic carbocycles. The Labute approximate surface area is 115 Å². The van der Waals surface area contributed by atoms with Crippen molar-refractivity contribution in [3.05, 3.63) is 41.5 Å². The van der Waals surface area contributed by atoms with E-state index in [1.165, 1.54) is 5.94 Å². The Morgan fingerprint density at radius 2 is 2.00 bits per heavy atom. The summed E-state index contributed by atoms with van der Waals surface area (Å²) < 4.78 is 0. The lowest BCUT2D eigenvalue weighted by molar-refractivity contribution is -0.143. The van der Waals surface area contributed by atoms with E-state index in [4.69, 9.17) is 15.7 Å². The molecule has 7 nitrogen and oxygen atoms in total. The van der Waals surface area contributed by atoms with Crippen LogP contribution in [0.5, 0.6) is 0 Å². The van der Waals surface area contributed by atoms with Crippen LogP contribution in [0, 0.1) is 0 Å². The van der Waals surface area contributed by atoms with Crippen molar-refractivity contribution in [2.75, 3.05) is 0 Å². The highest BCUT2D eigenvalue weighted by Gasteiger charge is 2.25. The fourth-order valence-electron chi connectivity index (χ4n) is 1.44. The van der Waals surface area contributed by atoms with Gasteiger partial charge in [0.1, 0.15) is 5.94 Å². The summed E-state index contributed by atoms with van der Waals surface area (Å²) in [7, 11) is 0. The van der Waals surface area contributed by atoms with Gasteiger partial charge in [0.15, 0.2) is 6.04 Å². The molecule has 0 aliphatic rings. The van der Waals surface area contributed by atoms with Crippen molar-refractivity contribution in [2.24, 2.45) is 5.73 Å². The van der Waals surface area contributed by atoms with Gasteiger partial charge in [0.25, 0.3) is 0 Å². The number of benzene rings is 1. The molecule has 0 fully saturated rings. The van der Waals surface area contributed by atoms with E-state index in [1.807, 2.05) is 6.07 Å². The summed E-state index contributed by atoms with van der Waals surface area (Å²) in [5, 5.41) is 8.99. The molecule has 106 valence electrons. The zero-order valence-electron chi connectivity index (χ0n) is 10.5. The number of carbonyl (C=O) groups is 2. The van der Waals surface area contributed by atoms with Crippen molar-refractivity contribution >= 4 is 17.8 Å². The maximum atomic E-state index is 11.0. The number of hydroxylamine groups is 1. The molecule has 1 amide bonds. The highest BCUT2D eigenvalue weighted by Crippen LogP contribution is 2.06. The van der Waals surface area contributed by atoms with Gasteiger partial charge >= 0.3 is 5.97 Å². The quantitative estimate of drug-likeness (QED) is 0.447. The zero-order chi connectivity index (χ0) is 15.0. The van der Waals surface area contributed by atoms with Crippen LogP contribution in [0.2, 0.25) is 0 Å². The van der Waals surface area contributed by atoms with Gasteiger partial charge in [-0.05, 0) is 5.56 Å². The Bertz CT molecular complexity index is 523. The van der Waals surface area contributed by atoms with Gasteiger partial charge in [-0.1, -0.05) is 30.3 Å². The first kappa shape index (κ1) is 15.6. The topological polar surface area (TPSA) is 119 Å². The lowest BCUT2D eigenvalue weighted by Gasteiger charge is -2.14. The Hall–Kier alpha value is -2.47. The molecule has 0 bridgehead atoms. The Morgan fingerprint density at radius 3 is 2.50 bits per heavy atom. The first-order chi connectivity index (χ1) is 9.54. The van der Waals surface area contributed by atoms with Crippen molar-refractivity contribution in [1.29, 1.82) is 0 Å². The first-order valence-corrected chi connectivity index (χ1v) is 5.70. The van der Waals surface area contributed by atoms with Crippen LogP contribution in [0.1, 0.15) is 12.0 Å². The number of carboxylic acid groups (broad SMARTS) is 1. The number of primary amides is 1. The molecule has 1 aromatic carbocycles. The fraction of sp³-hybridized carbons (Fsp3) is 0.231. The second-order valence-electron chi connectivity index (χ2n) is 3.93. The van der Waals surface area contributed by atoms with E-state index in [1.54, 1.807) is 24.3 Å². The molecule has 1 rings (SSSR count). The number of hydrogen-bond donors (Lipinski definition) is 3. The van der Waals surface area contributed by atoms with Crippen LogP contribution in [-0.4, -0.2) is 29.0 Å². The van der Waals surface area contributed by atoms with Crippen LogP contribution in [0.4, 0.5) is 0 Å². The molecule has 0 unspecified atom stereocenters. The molecule has 0 radical (unpaired) electrons. The van der Waals surface area contributed by atoms with Crippen molar-refractivity contribution in [3.63, 3.8) is 0 Å². The number of rotatable bonds is 8. The third-order valence-corrected chi connectivity index (χ3v) is 2.37. The summed E-state index contributed by atoms with van der Waals surface area (Å²) >= 11 is 0. The predicted octanol–water partition coefficient (Wildman–Crippen LogP) is -0.206. The maximum Gasteiger partial charge on any atom is 0.328 e. The van der Waals surface area contributed by atoms with Crippen molar-refractivity contribution in [1.82, 2.24) is 5.48 Å². The number of carboxylic acids is 1. The summed E-state index contributed by atoms with van der Waals surface area (Å²) in [4.78, 5) is 37.5. The molecule has 20 heavy (non-hydrogen) atoms. The summed E-state index contributed by atoms with van der Waals surface area (Å²) in [6, 6.07) is 7.55. The molecule has 1 aromatic rings. The zero-order valence-corrected chi connectivity index (χ0v) is 10.5. The second kappa shape index (κ2) is 7.85. The van der Waals surface area contributed by atoms with Crippen LogP contribution < -0.4 is 11.2 Å². The normalized spacial score (nSPS) is 11.4. The SMILES string of the molecule is NC(=O)CC(=C=O)[C@H](NOCc1ccccc1)C(=O)O. The minimum atomic E-state index is -1.47. The Balaban J connectivity index is 2.61. The Kier molecular flexibility index (Phi) is 6.12. The predicted molar refractivity (Wildman–Crippen MR) is 68.8 cm³/mol. The van der Waals surface area contributed by atoms with E-state index in [-0.39, 0.29) is 12.2 Å². The van der Waals surface area contributed by atoms with E-state index in [2.05, 4.69) is 5.48 Å². The number of nitrogens with two attached hydrogens (primary N) is 1. The molecular formula is C13H14N2O5. The number of carbonyl (C=O) groups excluding carboxylic acids is 2. The molecule has 7 heteroatoms.